The van der Waals surface area contributed by atoms with E-state index in [0.717, 1.165) is 4.31 Å². The second-order valence-electron chi connectivity index (χ2n) is 6.20. The van der Waals surface area contributed by atoms with Crippen molar-refractivity contribution >= 4 is 33.6 Å². The lowest BCUT2D eigenvalue weighted by Crippen LogP contribution is -2.23. The third kappa shape index (κ3) is 5.65. The molecule has 0 spiro atoms. The minimum Gasteiger partial charge on any atom is -0.462 e. The van der Waals surface area contributed by atoms with E-state index in [0.29, 0.717) is 0 Å². The van der Waals surface area contributed by atoms with Crippen LogP contribution >= 0.6 is 0 Å². The van der Waals surface area contributed by atoms with Gasteiger partial charge in [0.2, 0.25) is 10.0 Å². The molecule has 0 aliphatic carbocycles. The summed E-state index contributed by atoms with van der Waals surface area (Å²) >= 11 is 0. The van der Waals surface area contributed by atoms with Crippen LogP contribution in [0.3, 0.4) is 0 Å². The van der Waals surface area contributed by atoms with Crippen LogP contribution in [0, 0.1) is 0 Å². The van der Waals surface area contributed by atoms with Crippen LogP contribution < -0.4 is 5.32 Å². The maximum absolute atomic E-state index is 12.1. The zero-order valence-corrected chi connectivity index (χ0v) is 17.6. The van der Waals surface area contributed by atoms with Gasteiger partial charge in [0.25, 0.3) is 5.91 Å². The molecule has 10 heteroatoms. The van der Waals surface area contributed by atoms with Crippen molar-refractivity contribution in [1.82, 2.24) is 4.31 Å². The number of esters is 2. The molecule has 0 heterocycles. The first kappa shape index (κ1) is 23.0. The third-order valence-electron chi connectivity index (χ3n) is 3.90. The van der Waals surface area contributed by atoms with Gasteiger partial charge in [-0.25, -0.2) is 22.3 Å². The zero-order chi connectivity index (χ0) is 22.3. The van der Waals surface area contributed by atoms with Gasteiger partial charge in [-0.1, -0.05) is 12.1 Å². The van der Waals surface area contributed by atoms with Crippen molar-refractivity contribution in [2.24, 2.45) is 0 Å². The van der Waals surface area contributed by atoms with Crippen LogP contribution in [0.2, 0.25) is 0 Å². The largest absolute Gasteiger partial charge is 0.462 e. The quantitative estimate of drug-likeness (QED) is 0.630. The van der Waals surface area contributed by atoms with Gasteiger partial charge in [0.05, 0.1) is 28.3 Å². The van der Waals surface area contributed by atoms with Crippen LogP contribution in [-0.2, 0) is 24.3 Å². The number of nitrogens with one attached hydrogen (secondary N) is 1. The number of anilines is 1. The van der Waals surface area contributed by atoms with Gasteiger partial charge < -0.3 is 14.8 Å². The Morgan fingerprint density at radius 3 is 2.17 bits per heavy atom. The predicted molar refractivity (Wildman–Crippen MR) is 109 cm³/mol. The van der Waals surface area contributed by atoms with Crippen molar-refractivity contribution in [1.29, 1.82) is 0 Å². The molecule has 0 fully saturated rings. The molecular formula is C20H22N2O7S. The molecule has 2 aromatic rings. The monoisotopic (exact) mass is 434 g/mol. The molecule has 2 rings (SSSR count). The standard InChI is InChI=1S/C20H22N2O7S/c1-4-28-20(25)16-7-5-6-8-17(16)21-18(23)13-29-19(24)14-9-11-15(12-10-14)30(26,27)22(2)3/h5-12H,4,13H2,1-3H3,(H,21,23). The number of ether oxygens (including phenoxy) is 2. The predicted octanol–water partition coefficient (Wildman–Crippen LogP) is 1.91. The molecule has 30 heavy (non-hydrogen) atoms. The lowest BCUT2D eigenvalue weighted by molar-refractivity contribution is -0.119. The maximum atomic E-state index is 12.1. The summed E-state index contributed by atoms with van der Waals surface area (Å²) in [4.78, 5) is 36.2. The SMILES string of the molecule is CCOC(=O)c1ccccc1NC(=O)COC(=O)c1ccc(S(=O)(=O)N(C)C)cc1. The number of nitrogens with zero attached hydrogens (tertiary/aromatic N) is 1. The third-order valence-corrected chi connectivity index (χ3v) is 5.73. The lowest BCUT2D eigenvalue weighted by atomic mass is 10.2. The number of carbonyl (C=O) groups is 3. The maximum Gasteiger partial charge on any atom is 0.340 e. The Bertz CT molecular complexity index is 1030. The number of sulfonamides is 1. The summed E-state index contributed by atoms with van der Waals surface area (Å²) in [5.41, 5.74) is 0.499. The fourth-order valence-electron chi connectivity index (χ4n) is 2.35. The molecule has 0 radical (unpaired) electrons. The van der Waals surface area contributed by atoms with Gasteiger partial charge in [0.15, 0.2) is 6.61 Å². The highest BCUT2D eigenvalue weighted by atomic mass is 32.2. The lowest BCUT2D eigenvalue weighted by Gasteiger charge is -2.12. The highest BCUT2D eigenvalue weighted by Gasteiger charge is 2.19. The van der Waals surface area contributed by atoms with Crippen molar-refractivity contribution in [3.63, 3.8) is 0 Å². The van der Waals surface area contributed by atoms with Gasteiger partial charge in [-0.2, -0.15) is 0 Å². The Morgan fingerprint density at radius 2 is 1.57 bits per heavy atom. The Hall–Kier alpha value is -3.24. The Morgan fingerprint density at radius 1 is 0.933 bits per heavy atom. The smallest absolute Gasteiger partial charge is 0.340 e. The Balaban J connectivity index is 1.99. The fourth-order valence-corrected chi connectivity index (χ4v) is 3.26. The van der Waals surface area contributed by atoms with E-state index in [1.807, 2.05) is 0 Å². The van der Waals surface area contributed by atoms with Gasteiger partial charge in [-0.15, -0.1) is 0 Å². The summed E-state index contributed by atoms with van der Waals surface area (Å²) in [6, 6.07) is 11.4. The van der Waals surface area contributed by atoms with Crippen molar-refractivity contribution in [3.8, 4) is 0 Å². The second kappa shape index (κ2) is 9.99. The summed E-state index contributed by atoms with van der Waals surface area (Å²) in [5.74, 6) is -2.03. The van der Waals surface area contributed by atoms with E-state index in [-0.39, 0.29) is 28.3 Å². The van der Waals surface area contributed by atoms with E-state index in [1.54, 1.807) is 19.1 Å². The van der Waals surface area contributed by atoms with Crippen LogP contribution in [0.15, 0.2) is 53.4 Å². The van der Waals surface area contributed by atoms with Gasteiger partial charge in [-0.3, -0.25) is 4.79 Å². The number of para-hydroxylation sites is 1. The van der Waals surface area contributed by atoms with Crippen molar-refractivity contribution in [2.45, 2.75) is 11.8 Å². The summed E-state index contributed by atoms with van der Waals surface area (Å²) in [6.07, 6.45) is 0. The molecule has 0 saturated carbocycles. The molecule has 0 aliphatic rings. The Labute approximate surface area is 174 Å². The van der Waals surface area contributed by atoms with Crippen LogP contribution in [0.4, 0.5) is 5.69 Å². The van der Waals surface area contributed by atoms with Crippen LogP contribution in [0.25, 0.3) is 0 Å². The average Bonchev–Trinajstić information content (AvgIpc) is 2.72. The van der Waals surface area contributed by atoms with E-state index in [4.69, 9.17) is 9.47 Å². The fraction of sp³-hybridized carbons (Fsp3) is 0.250. The summed E-state index contributed by atoms with van der Waals surface area (Å²) in [7, 11) is -0.818. The van der Waals surface area contributed by atoms with Crippen LogP contribution in [-0.4, -0.2) is 57.9 Å². The molecule has 0 aliphatic heterocycles. The summed E-state index contributed by atoms with van der Waals surface area (Å²) < 4.78 is 35.0. The van der Waals surface area contributed by atoms with E-state index in [9.17, 15) is 22.8 Å². The number of amides is 1. The number of benzene rings is 2. The van der Waals surface area contributed by atoms with Crippen molar-refractivity contribution < 1.29 is 32.3 Å². The van der Waals surface area contributed by atoms with Crippen LogP contribution in [0.1, 0.15) is 27.6 Å². The summed E-state index contributed by atoms with van der Waals surface area (Å²) in [5, 5.41) is 2.50. The first-order valence-corrected chi connectivity index (χ1v) is 10.4. The molecule has 160 valence electrons. The topological polar surface area (TPSA) is 119 Å². The number of hydrogen-bond donors (Lipinski definition) is 1. The number of rotatable bonds is 8. The highest BCUT2D eigenvalue weighted by Crippen LogP contribution is 2.17. The molecule has 0 saturated heterocycles. The minimum atomic E-state index is -3.62. The molecule has 2 aromatic carbocycles. The number of carbonyl (C=O) groups excluding carboxylic acids is 3. The van der Waals surface area contributed by atoms with Crippen molar-refractivity contribution in [2.75, 3.05) is 32.6 Å². The molecule has 9 nitrogen and oxygen atoms in total. The first-order chi connectivity index (χ1) is 14.2. The van der Waals surface area contributed by atoms with Gasteiger partial charge in [0.1, 0.15) is 0 Å². The molecule has 0 aromatic heterocycles. The molecular weight excluding hydrogens is 412 g/mol. The molecule has 1 amide bonds. The van der Waals surface area contributed by atoms with Crippen molar-refractivity contribution in [3.05, 3.63) is 59.7 Å². The van der Waals surface area contributed by atoms with E-state index >= 15 is 0 Å². The van der Waals surface area contributed by atoms with Gasteiger partial charge in [0, 0.05) is 14.1 Å². The zero-order valence-electron chi connectivity index (χ0n) is 16.7. The van der Waals surface area contributed by atoms with Gasteiger partial charge >= 0.3 is 11.9 Å². The molecule has 0 atom stereocenters. The number of hydrogen-bond acceptors (Lipinski definition) is 7. The Kier molecular flexibility index (Phi) is 7.67. The molecule has 0 bridgehead atoms. The molecule has 1 N–H and O–H groups in total. The van der Waals surface area contributed by atoms with E-state index in [1.165, 1.54) is 50.5 Å². The minimum absolute atomic E-state index is 0.0253. The normalized spacial score (nSPS) is 11.1. The van der Waals surface area contributed by atoms with Gasteiger partial charge in [-0.05, 0) is 43.3 Å². The van der Waals surface area contributed by atoms with E-state index in [2.05, 4.69) is 5.32 Å². The van der Waals surface area contributed by atoms with E-state index < -0.39 is 34.5 Å². The highest BCUT2D eigenvalue weighted by molar-refractivity contribution is 7.89. The molecule has 0 unspecified atom stereocenters. The second-order valence-corrected chi connectivity index (χ2v) is 8.35. The first-order valence-electron chi connectivity index (χ1n) is 8.92. The van der Waals surface area contributed by atoms with Crippen LogP contribution in [0.5, 0.6) is 0 Å². The summed E-state index contributed by atoms with van der Waals surface area (Å²) in [6.45, 7) is 1.27. The average molecular weight is 434 g/mol.